The van der Waals surface area contributed by atoms with Gasteiger partial charge in [0.25, 0.3) is 0 Å². The Morgan fingerprint density at radius 3 is 2.81 bits per heavy atom. The van der Waals surface area contributed by atoms with Gasteiger partial charge in [-0.25, -0.2) is 19.2 Å². The molecule has 2 heterocycles. The van der Waals surface area contributed by atoms with Gasteiger partial charge in [-0.1, -0.05) is 25.5 Å². The smallest absolute Gasteiger partial charge is 0.335 e. The number of aromatic carboxylic acids is 1. The number of benzene rings is 2. The van der Waals surface area contributed by atoms with E-state index in [2.05, 4.69) is 15.3 Å². The zero-order valence-corrected chi connectivity index (χ0v) is 17.9. The Labute approximate surface area is 183 Å². The molecule has 31 heavy (non-hydrogen) atoms. The van der Waals surface area contributed by atoms with Gasteiger partial charge in [0.1, 0.15) is 18.0 Å². The quantitative estimate of drug-likeness (QED) is 0.366. The predicted octanol–water partition coefficient (Wildman–Crippen LogP) is 5.80. The molecule has 0 radical (unpaired) electrons. The largest absolute Gasteiger partial charge is 0.478 e. The molecule has 5 nitrogen and oxygen atoms in total. The van der Waals surface area contributed by atoms with Crippen LogP contribution in [0.2, 0.25) is 0 Å². The average molecular weight is 436 g/mol. The third kappa shape index (κ3) is 4.72. The number of nitrogens with zero attached hydrogens (tertiary/aromatic N) is 2. The number of hydrogen-bond acceptors (Lipinski definition) is 5. The molecule has 4 aromatic rings. The van der Waals surface area contributed by atoms with Gasteiger partial charge in [-0.3, -0.25) is 0 Å². The molecule has 0 bridgehead atoms. The van der Waals surface area contributed by atoms with Crippen LogP contribution >= 0.6 is 11.3 Å². The Morgan fingerprint density at radius 1 is 1.13 bits per heavy atom. The number of nitrogens with one attached hydrogen (secondary N) is 1. The number of carboxylic acids is 1. The lowest BCUT2D eigenvalue weighted by Gasteiger charge is -2.10. The van der Waals surface area contributed by atoms with Crippen LogP contribution in [0.3, 0.4) is 0 Å². The first kappa shape index (κ1) is 20.9. The maximum Gasteiger partial charge on any atom is 0.335 e. The molecule has 7 heteroatoms. The van der Waals surface area contributed by atoms with Gasteiger partial charge in [-0.15, -0.1) is 11.3 Å². The van der Waals surface area contributed by atoms with Crippen molar-refractivity contribution in [2.24, 2.45) is 0 Å². The van der Waals surface area contributed by atoms with E-state index in [4.69, 9.17) is 0 Å². The molecule has 0 amide bonds. The summed E-state index contributed by atoms with van der Waals surface area (Å²) in [5.74, 6) is -0.432. The Morgan fingerprint density at radius 2 is 2.00 bits per heavy atom. The molecule has 0 atom stereocenters. The lowest BCUT2D eigenvalue weighted by molar-refractivity contribution is 0.0695. The summed E-state index contributed by atoms with van der Waals surface area (Å²) in [6, 6.07) is 12.7. The third-order valence-corrected chi connectivity index (χ3v) is 6.04. The van der Waals surface area contributed by atoms with Crippen LogP contribution in [0.4, 0.5) is 10.2 Å². The SMILES string of the molecule is CCCc1cc(-c2cc(NCCc3cc(F)c4sccc4c3)ncn2)ccc1C(=O)O. The summed E-state index contributed by atoms with van der Waals surface area (Å²) in [7, 11) is 0. The van der Waals surface area contributed by atoms with E-state index in [1.54, 1.807) is 18.2 Å². The number of thiophene rings is 1. The molecule has 0 saturated heterocycles. The Balaban J connectivity index is 1.48. The van der Waals surface area contributed by atoms with E-state index >= 15 is 0 Å². The first-order valence-electron chi connectivity index (χ1n) is 10.1. The Kier molecular flexibility index (Phi) is 6.23. The minimum Gasteiger partial charge on any atom is -0.478 e. The number of halogens is 1. The molecule has 4 rings (SSSR count). The topological polar surface area (TPSA) is 75.1 Å². The van der Waals surface area contributed by atoms with E-state index < -0.39 is 5.97 Å². The van der Waals surface area contributed by atoms with E-state index in [1.165, 1.54) is 17.7 Å². The minimum absolute atomic E-state index is 0.181. The van der Waals surface area contributed by atoms with Crippen molar-refractivity contribution < 1.29 is 14.3 Å². The molecule has 2 aromatic heterocycles. The van der Waals surface area contributed by atoms with Crippen molar-refractivity contribution >= 4 is 33.2 Å². The average Bonchev–Trinajstić information content (AvgIpc) is 3.23. The molecule has 0 fully saturated rings. The van der Waals surface area contributed by atoms with Gasteiger partial charge in [0.2, 0.25) is 0 Å². The van der Waals surface area contributed by atoms with Crippen molar-refractivity contribution in [2.75, 3.05) is 11.9 Å². The zero-order chi connectivity index (χ0) is 21.8. The highest BCUT2D eigenvalue weighted by Crippen LogP contribution is 2.26. The van der Waals surface area contributed by atoms with Gasteiger partial charge in [0.15, 0.2) is 0 Å². The molecule has 0 saturated carbocycles. The number of carboxylic acid groups (broad SMARTS) is 1. The van der Waals surface area contributed by atoms with Gasteiger partial charge in [0.05, 0.1) is 16.0 Å². The molecular formula is C24H22FN3O2S. The van der Waals surface area contributed by atoms with Gasteiger partial charge in [-0.2, -0.15) is 0 Å². The summed E-state index contributed by atoms with van der Waals surface area (Å²) in [5, 5.41) is 15.5. The molecule has 2 N–H and O–H groups in total. The Bertz CT molecular complexity index is 1240. The maximum absolute atomic E-state index is 14.2. The number of rotatable bonds is 8. The fourth-order valence-corrected chi connectivity index (χ4v) is 4.41. The van der Waals surface area contributed by atoms with E-state index in [0.29, 0.717) is 35.5 Å². The molecule has 0 aliphatic rings. The highest BCUT2D eigenvalue weighted by Gasteiger charge is 2.12. The predicted molar refractivity (Wildman–Crippen MR) is 122 cm³/mol. The molecule has 0 unspecified atom stereocenters. The van der Waals surface area contributed by atoms with Crippen LogP contribution in [0.25, 0.3) is 21.3 Å². The number of fused-ring (bicyclic) bond motifs is 1. The summed E-state index contributed by atoms with van der Waals surface area (Å²) in [6.45, 7) is 2.62. The second-order valence-corrected chi connectivity index (χ2v) is 8.23. The Hall–Kier alpha value is -3.32. The van der Waals surface area contributed by atoms with Crippen LogP contribution in [0, 0.1) is 5.82 Å². The lowest BCUT2D eigenvalue weighted by Crippen LogP contribution is -2.07. The molecule has 0 aliphatic heterocycles. The molecule has 158 valence electrons. The maximum atomic E-state index is 14.2. The fraction of sp³-hybridized carbons (Fsp3) is 0.208. The van der Waals surface area contributed by atoms with Crippen LogP contribution in [0.1, 0.15) is 34.8 Å². The number of carbonyl (C=O) groups is 1. The highest BCUT2D eigenvalue weighted by molar-refractivity contribution is 7.17. The number of hydrogen-bond donors (Lipinski definition) is 2. The lowest BCUT2D eigenvalue weighted by atomic mass is 9.99. The van der Waals surface area contributed by atoms with E-state index in [9.17, 15) is 14.3 Å². The van der Waals surface area contributed by atoms with Crippen molar-refractivity contribution in [3.05, 3.63) is 76.7 Å². The van der Waals surface area contributed by atoms with Crippen LogP contribution < -0.4 is 5.32 Å². The van der Waals surface area contributed by atoms with Crippen molar-refractivity contribution in [1.29, 1.82) is 0 Å². The zero-order valence-electron chi connectivity index (χ0n) is 17.1. The molecule has 0 aliphatic carbocycles. The van der Waals surface area contributed by atoms with Gasteiger partial charge in [-0.05, 0) is 59.0 Å². The summed E-state index contributed by atoms with van der Waals surface area (Å²) < 4.78 is 14.9. The molecule has 0 spiro atoms. The van der Waals surface area contributed by atoms with Gasteiger partial charge < -0.3 is 10.4 Å². The van der Waals surface area contributed by atoms with Crippen molar-refractivity contribution in [3.8, 4) is 11.3 Å². The minimum atomic E-state index is -0.919. The van der Waals surface area contributed by atoms with Crippen LogP contribution in [0.15, 0.2) is 54.2 Å². The van der Waals surface area contributed by atoms with Crippen molar-refractivity contribution in [3.63, 3.8) is 0 Å². The van der Waals surface area contributed by atoms with E-state index in [1.807, 2.05) is 36.6 Å². The first-order valence-corrected chi connectivity index (χ1v) is 11.0. The van der Waals surface area contributed by atoms with Crippen LogP contribution in [-0.4, -0.2) is 27.6 Å². The highest BCUT2D eigenvalue weighted by atomic mass is 32.1. The van der Waals surface area contributed by atoms with Crippen LogP contribution in [0.5, 0.6) is 0 Å². The van der Waals surface area contributed by atoms with Gasteiger partial charge in [0, 0.05) is 18.2 Å². The second-order valence-electron chi connectivity index (χ2n) is 7.31. The van der Waals surface area contributed by atoms with E-state index in [0.717, 1.165) is 34.2 Å². The second kappa shape index (κ2) is 9.22. The number of aromatic nitrogens is 2. The summed E-state index contributed by atoms with van der Waals surface area (Å²) in [5.41, 5.74) is 3.62. The summed E-state index contributed by atoms with van der Waals surface area (Å²) >= 11 is 1.41. The van der Waals surface area contributed by atoms with Crippen LogP contribution in [-0.2, 0) is 12.8 Å². The monoisotopic (exact) mass is 435 g/mol. The first-order chi connectivity index (χ1) is 15.0. The summed E-state index contributed by atoms with van der Waals surface area (Å²) in [4.78, 5) is 20.1. The number of anilines is 1. The standard InChI is InChI=1S/C24H22FN3O2S/c1-2-3-16-12-17(4-5-19(16)24(29)30)21-13-22(28-14-27-21)26-8-6-15-10-18-7-9-31-23(18)20(25)11-15/h4-5,7,9-14H,2-3,6,8H2,1H3,(H,29,30)(H,26,27,28). The van der Waals surface area contributed by atoms with E-state index in [-0.39, 0.29) is 5.82 Å². The van der Waals surface area contributed by atoms with Gasteiger partial charge >= 0.3 is 5.97 Å². The normalized spacial score (nSPS) is 11.0. The molecule has 2 aromatic carbocycles. The van der Waals surface area contributed by atoms with Crippen molar-refractivity contribution in [2.45, 2.75) is 26.2 Å². The van der Waals surface area contributed by atoms with Crippen molar-refractivity contribution in [1.82, 2.24) is 9.97 Å². The fourth-order valence-electron chi connectivity index (χ4n) is 3.63. The summed E-state index contributed by atoms with van der Waals surface area (Å²) in [6.07, 6.45) is 3.70. The number of aryl methyl sites for hydroxylation is 1. The third-order valence-electron chi connectivity index (χ3n) is 5.10. The molecular weight excluding hydrogens is 413 g/mol.